The molecule has 0 aliphatic heterocycles. The zero-order valence-corrected chi connectivity index (χ0v) is 13.0. The van der Waals surface area contributed by atoms with Crippen molar-refractivity contribution in [3.05, 3.63) is 41.2 Å². The molecule has 3 aromatic rings. The maximum Gasteiger partial charge on any atom is 0.162 e. The number of rotatable bonds is 3. The lowest BCUT2D eigenvalue weighted by Crippen LogP contribution is -2.04. The number of thiazole rings is 1. The number of nitrogens with zero attached hydrogens (tertiary/aromatic N) is 2. The first kappa shape index (κ1) is 13.2. The first-order chi connectivity index (χ1) is 9.58. The third kappa shape index (κ3) is 2.10. The first-order valence-corrected chi connectivity index (χ1v) is 7.64. The largest absolute Gasteiger partial charge is 0.462 e. The molecule has 3 aromatic heterocycles. The van der Waals surface area contributed by atoms with Crippen molar-refractivity contribution in [2.75, 3.05) is 0 Å². The molecule has 0 spiro atoms. The summed E-state index contributed by atoms with van der Waals surface area (Å²) < 4.78 is 7.76. The number of hydrogen-bond donors (Lipinski definition) is 0. The lowest BCUT2D eigenvalue weighted by Gasteiger charge is -2.13. The topological polar surface area (TPSA) is 31.0 Å². The van der Waals surface area contributed by atoms with E-state index < -0.39 is 0 Å². The lowest BCUT2D eigenvalue weighted by atomic mass is 10.2. The van der Waals surface area contributed by atoms with Crippen molar-refractivity contribution in [3.63, 3.8) is 0 Å². The van der Waals surface area contributed by atoms with Gasteiger partial charge in [0.2, 0.25) is 0 Å². The van der Waals surface area contributed by atoms with Crippen molar-refractivity contribution in [1.29, 1.82) is 0 Å². The Balaban J connectivity index is 2.04. The molecule has 3 heterocycles. The number of furan rings is 1. The number of hydrogen-bond acceptors (Lipinski definition) is 3. The summed E-state index contributed by atoms with van der Waals surface area (Å²) in [6.07, 6.45) is 1.68. The standard InChI is InChI=1S/C16H18N2OS/c1-10(2)18-11(3)8-13(12(18)4)14-9-20-16(17-14)15-6-5-7-19-15/h5-10H,1-4H3. The summed E-state index contributed by atoms with van der Waals surface area (Å²) >= 11 is 1.62. The van der Waals surface area contributed by atoms with E-state index in [2.05, 4.69) is 43.7 Å². The Morgan fingerprint density at radius 1 is 1.30 bits per heavy atom. The van der Waals surface area contributed by atoms with E-state index in [-0.39, 0.29) is 0 Å². The van der Waals surface area contributed by atoms with Crippen molar-refractivity contribution in [3.8, 4) is 22.0 Å². The van der Waals surface area contributed by atoms with E-state index in [0.717, 1.165) is 16.5 Å². The third-order valence-corrected chi connectivity index (χ3v) is 4.37. The maximum atomic E-state index is 5.41. The zero-order valence-electron chi connectivity index (χ0n) is 12.2. The van der Waals surface area contributed by atoms with Crippen LogP contribution >= 0.6 is 11.3 Å². The molecule has 0 fully saturated rings. The molecule has 0 aromatic carbocycles. The molecule has 0 N–H and O–H groups in total. The summed E-state index contributed by atoms with van der Waals surface area (Å²) in [6, 6.07) is 6.52. The van der Waals surface area contributed by atoms with E-state index in [1.54, 1.807) is 17.6 Å². The van der Waals surface area contributed by atoms with E-state index in [1.165, 1.54) is 17.0 Å². The highest BCUT2D eigenvalue weighted by atomic mass is 32.1. The van der Waals surface area contributed by atoms with Gasteiger partial charge < -0.3 is 8.98 Å². The van der Waals surface area contributed by atoms with E-state index in [0.29, 0.717) is 6.04 Å². The van der Waals surface area contributed by atoms with Crippen molar-refractivity contribution in [2.45, 2.75) is 33.7 Å². The van der Waals surface area contributed by atoms with Crippen LogP contribution in [0, 0.1) is 13.8 Å². The summed E-state index contributed by atoms with van der Waals surface area (Å²) in [6.45, 7) is 8.72. The van der Waals surface area contributed by atoms with Crippen LogP contribution in [0.25, 0.3) is 22.0 Å². The van der Waals surface area contributed by atoms with Crippen molar-refractivity contribution in [1.82, 2.24) is 9.55 Å². The Labute approximate surface area is 122 Å². The van der Waals surface area contributed by atoms with Crippen molar-refractivity contribution < 1.29 is 4.42 Å². The van der Waals surface area contributed by atoms with Gasteiger partial charge in [-0.2, -0.15) is 0 Å². The fourth-order valence-corrected chi connectivity index (χ4v) is 3.53. The van der Waals surface area contributed by atoms with Crippen LogP contribution in [0.4, 0.5) is 0 Å². The molecule has 4 heteroatoms. The fraction of sp³-hybridized carbons (Fsp3) is 0.312. The number of aryl methyl sites for hydroxylation is 1. The summed E-state index contributed by atoms with van der Waals surface area (Å²) in [5.41, 5.74) is 4.79. The quantitative estimate of drug-likeness (QED) is 0.673. The molecule has 0 unspecified atom stereocenters. The van der Waals surface area contributed by atoms with E-state index >= 15 is 0 Å². The second-order valence-electron chi connectivity index (χ2n) is 5.26. The average molecular weight is 286 g/mol. The Morgan fingerprint density at radius 3 is 2.70 bits per heavy atom. The molecule has 0 bridgehead atoms. The van der Waals surface area contributed by atoms with Crippen LogP contribution in [-0.2, 0) is 0 Å². The van der Waals surface area contributed by atoms with Crippen LogP contribution < -0.4 is 0 Å². The van der Waals surface area contributed by atoms with Gasteiger partial charge >= 0.3 is 0 Å². The average Bonchev–Trinajstić information content (AvgIpc) is 3.08. The second-order valence-corrected chi connectivity index (χ2v) is 6.12. The highest BCUT2D eigenvalue weighted by molar-refractivity contribution is 7.13. The highest BCUT2D eigenvalue weighted by Gasteiger charge is 2.16. The molecule has 0 aliphatic carbocycles. The minimum absolute atomic E-state index is 0.465. The van der Waals surface area contributed by atoms with Gasteiger partial charge in [0.15, 0.2) is 10.8 Å². The van der Waals surface area contributed by atoms with Gasteiger partial charge in [-0.15, -0.1) is 11.3 Å². The molecule has 3 rings (SSSR count). The third-order valence-electron chi connectivity index (χ3n) is 3.51. The summed E-state index contributed by atoms with van der Waals surface area (Å²) in [5, 5.41) is 3.03. The SMILES string of the molecule is Cc1cc(-c2csc(-c3ccco3)n2)c(C)n1C(C)C. The van der Waals surface area contributed by atoms with Crippen molar-refractivity contribution >= 4 is 11.3 Å². The normalized spacial score (nSPS) is 11.4. The maximum absolute atomic E-state index is 5.41. The minimum Gasteiger partial charge on any atom is -0.462 e. The summed E-state index contributed by atoms with van der Waals surface area (Å²) in [5.74, 6) is 0.832. The molecular formula is C16H18N2OS. The highest BCUT2D eigenvalue weighted by Crippen LogP contribution is 2.33. The molecule has 104 valence electrons. The van der Waals surface area contributed by atoms with Crippen LogP contribution in [0.1, 0.15) is 31.3 Å². The molecule has 0 amide bonds. The molecule has 0 saturated heterocycles. The molecular weight excluding hydrogens is 268 g/mol. The first-order valence-electron chi connectivity index (χ1n) is 6.76. The lowest BCUT2D eigenvalue weighted by molar-refractivity contribution is 0.575. The Kier molecular flexibility index (Phi) is 3.26. The Hall–Kier alpha value is -1.81. The zero-order chi connectivity index (χ0) is 14.3. The molecule has 20 heavy (non-hydrogen) atoms. The van der Waals surface area contributed by atoms with Gasteiger partial charge in [-0.25, -0.2) is 4.98 Å². The van der Waals surface area contributed by atoms with Gasteiger partial charge in [-0.05, 0) is 45.9 Å². The molecule has 0 saturated carbocycles. The molecule has 0 aliphatic rings. The minimum atomic E-state index is 0.465. The van der Waals surface area contributed by atoms with Gasteiger partial charge in [0.1, 0.15) is 0 Å². The second kappa shape index (κ2) is 4.94. The van der Waals surface area contributed by atoms with Crippen LogP contribution in [0.5, 0.6) is 0 Å². The fourth-order valence-electron chi connectivity index (χ4n) is 2.74. The van der Waals surface area contributed by atoms with Gasteiger partial charge in [0.25, 0.3) is 0 Å². The van der Waals surface area contributed by atoms with Crippen LogP contribution in [-0.4, -0.2) is 9.55 Å². The summed E-state index contributed by atoms with van der Waals surface area (Å²) in [7, 11) is 0. The molecule has 0 atom stereocenters. The predicted molar refractivity (Wildman–Crippen MR) is 83.1 cm³/mol. The Morgan fingerprint density at radius 2 is 2.10 bits per heavy atom. The van der Waals surface area contributed by atoms with Crippen LogP contribution in [0.15, 0.2) is 34.3 Å². The van der Waals surface area contributed by atoms with Crippen LogP contribution in [0.2, 0.25) is 0 Å². The molecule has 0 radical (unpaired) electrons. The van der Waals surface area contributed by atoms with Crippen LogP contribution in [0.3, 0.4) is 0 Å². The molecule has 3 nitrogen and oxygen atoms in total. The van der Waals surface area contributed by atoms with Gasteiger partial charge in [0.05, 0.1) is 12.0 Å². The van der Waals surface area contributed by atoms with Crippen molar-refractivity contribution in [2.24, 2.45) is 0 Å². The smallest absolute Gasteiger partial charge is 0.162 e. The van der Waals surface area contributed by atoms with E-state index in [4.69, 9.17) is 9.40 Å². The Bertz CT molecular complexity index is 720. The summed E-state index contributed by atoms with van der Waals surface area (Å²) in [4.78, 5) is 4.71. The van der Waals surface area contributed by atoms with Gasteiger partial charge in [0, 0.05) is 28.4 Å². The van der Waals surface area contributed by atoms with E-state index in [1.807, 2.05) is 12.1 Å². The number of aromatic nitrogens is 2. The van der Waals surface area contributed by atoms with E-state index in [9.17, 15) is 0 Å². The van der Waals surface area contributed by atoms with Gasteiger partial charge in [-0.1, -0.05) is 0 Å². The monoisotopic (exact) mass is 286 g/mol. The predicted octanol–water partition coefficient (Wildman–Crippen LogP) is 5.07. The van der Waals surface area contributed by atoms with Gasteiger partial charge in [-0.3, -0.25) is 0 Å².